The van der Waals surface area contributed by atoms with Crippen molar-refractivity contribution in [3.8, 4) is 0 Å². The van der Waals surface area contributed by atoms with Gasteiger partial charge >= 0.3 is 11.9 Å². The first-order chi connectivity index (χ1) is 20.8. The van der Waals surface area contributed by atoms with E-state index in [1.807, 2.05) is 12.2 Å². The number of carbonyl (C=O) groups is 3. The van der Waals surface area contributed by atoms with Gasteiger partial charge in [-0.3, -0.25) is 14.4 Å². The van der Waals surface area contributed by atoms with Crippen molar-refractivity contribution in [1.29, 1.82) is 0 Å². The molecule has 43 heavy (non-hydrogen) atoms. The van der Waals surface area contributed by atoms with E-state index in [0.29, 0.717) is 19.3 Å². The number of esters is 2. The van der Waals surface area contributed by atoms with Crippen molar-refractivity contribution < 1.29 is 29.0 Å². The molecule has 0 amide bonds. The number of hydrogen-bond acceptors (Lipinski definition) is 6. The molecule has 0 aliphatic heterocycles. The van der Waals surface area contributed by atoms with Gasteiger partial charge in [-0.05, 0) is 44.1 Å². The number of rotatable bonds is 31. The summed E-state index contributed by atoms with van der Waals surface area (Å²) in [4.78, 5) is 35.7. The minimum absolute atomic E-state index is 0.146. The number of unbranched alkanes of at least 4 members (excludes halogenated alkanes) is 16. The number of ether oxygens (including phenoxy) is 2. The molecule has 0 unspecified atom stereocenters. The maximum absolute atomic E-state index is 11.9. The van der Waals surface area contributed by atoms with E-state index in [1.165, 1.54) is 70.6 Å². The quantitative estimate of drug-likeness (QED) is 0.0366. The molecular formula is C37H66O6. The third-order valence-electron chi connectivity index (χ3n) is 7.59. The first-order valence-corrected chi connectivity index (χ1v) is 17.7. The van der Waals surface area contributed by atoms with Gasteiger partial charge in [0.15, 0.2) is 5.78 Å². The number of carbonyl (C=O) groups excluding carboxylic acids is 3. The predicted octanol–water partition coefficient (Wildman–Crippen LogP) is 9.76. The van der Waals surface area contributed by atoms with E-state index < -0.39 is 6.10 Å². The second-order valence-electron chi connectivity index (χ2n) is 12.5. The molecule has 0 aliphatic rings. The molecule has 0 heterocycles. The van der Waals surface area contributed by atoms with Crippen molar-refractivity contribution in [2.75, 3.05) is 13.2 Å². The molecule has 1 atom stereocenters. The molecule has 0 aliphatic carbocycles. The van der Waals surface area contributed by atoms with Crippen LogP contribution in [0.4, 0.5) is 0 Å². The van der Waals surface area contributed by atoms with Gasteiger partial charge in [0, 0.05) is 19.3 Å². The Bertz CT molecular complexity index is 727. The summed E-state index contributed by atoms with van der Waals surface area (Å²) >= 11 is 0. The van der Waals surface area contributed by atoms with Crippen LogP contribution in [0.1, 0.15) is 168 Å². The highest BCUT2D eigenvalue weighted by Crippen LogP contribution is 2.14. The van der Waals surface area contributed by atoms with Crippen LogP contribution in [0.2, 0.25) is 0 Å². The Morgan fingerprint density at radius 1 is 0.605 bits per heavy atom. The normalized spacial score (nSPS) is 12.4. The van der Waals surface area contributed by atoms with E-state index in [0.717, 1.165) is 63.7 Å². The van der Waals surface area contributed by atoms with Crippen molar-refractivity contribution in [2.24, 2.45) is 5.92 Å². The molecule has 6 nitrogen and oxygen atoms in total. The summed E-state index contributed by atoms with van der Waals surface area (Å²) in [5, 5.41) is 9.97. The number of aliphatic hydroxyl groups is 1. The van der Waals surface area contributed by atoms with Crippen LogP contribution in [0, 0.1) is 5.92 Å². The monoisotopic (exact) mass is 606 g/mol. The number of ketones is 1. The first-order valence-electron chi connectivity index (χ1n) is 17.7. The molecule has 250 valence electrons. The summed E-state index contributed by atoms with van der Waals surface area (Å²) in [6, 6.07) is 0. The molecule has 0 saturated heterocycles. The average Bonchev–Trinajstić information content (AvgIpc) is 2.98. The van der Waals surface area contributed by atoms with E-state index in [4.69, 9.17) is 9.47 Å². The van der Waals surface area contributed by atoms with Gasteiger partial charge in [-0.1, -0.05) is 135 Å². The van der Waals surface area contributed by atoms with Crippen LogP contribution >= 0.6 is 0 Å². The van der Waals surface area contributed by atoms with Gasteiger partial charge in [0.05, 0.1) is 0 Å². The average molecular weight is 607 g/mol. The molecule has 0 saturated carbocycles. The second-order valence-corrected chi connectivity index (χ2v) is 12.5. The minimum Gasteiger partial charge on any atom is -0.463 e. The van der Waals surface area contributed by atoms with Gasteiger partial charge in [0.25, 0.3) is 0 Å². The maximum atomic E-state index is 11.9. The standard InChI is InChI=1S/C37H66O6/c1-4-5-6-7-12-17-22-27-34(38)28-23-18-15-20-25-30-37(41)43-32-35(39)31-42-36(40)29-24-19-14-11-9-8-10-13-16-21-26-33(2)3/h12,17,22,27,33,35,39H,4-11,13-16,18-21,23-26,28-32H2,1-3H3/b17-12-,27-22+/t35-/m0/s1. The highest BCUT2D eigenvalue weighted by Gasteiger charge is 2.12. The SMILES string of the molecule is CCCCC/C=C\C=C\C(=O)CCCCCCCC(=O)OC[C@@H](O)COC(=O)CCCCCCCCCCCCC(C)C. The third-order valence-corrected chi connectivity index (χ3v) is 7.59. The van der Waals surface area contributed by atoms with Crippen LogP contribution < -0.4 is 0 Å². The summed E-state index contributed by atoms with van der Waals surface area (Å²) in [5.41, 5.74) is 0. The van der Waals surface area contributed by atoms with Gasteiger partial charge in [0.2, 0.25) is 0 Å². The summed E-state index contributed by atoms with van der Waals surface area (Å²) in [6.45, 7) is 6.46. The summed E-state index contributed by atoms with van der Waals surface area (Å²) in [6.07, 6.45) is 30.5. The van der Waals surface area contributed by atoms with E-state index in [1.54, 1.807) is 6.08 Å². The smallest absolute Gasteiger partial charge is 0.305 e. The minimum atomic E-state index is -0.999. The Morgan fingerprint density at radius 3 is 1.56 bits per heavy atom. The second kappa shape index (κ2) is 31.5. The Balaban J connectivity index is 3.54. The first kappa shape index (κ1) is 41.0. The van der Waals surface area contributed by atoms with Gasteiger partial charge in [-0.2, -0.15) is 0 Å². The van der Waals surface area contributed by atoms with Crippen LogP contribution in [0.3, 0.4) is 0 Å². The van der Waals surface area contributed by atoms with Crippen molar-refractivity contribution in [3.63, 3.8) is 0 Å². The Kier molecular flexibility index (Phi) is 30.0. The molecule has 0 aromatic rings. The molecule has 1 N–H and O–H groups in total. The Morgan fingerprint density at radius 2 is 1.07 bits per heavy atom. The molecule has 0 rings (SSSR count). The summed E-state index contributed by atoms with van der Waals surface area (Å²) in [7, 11) is 0. The zero-order valence-electron chi connectivity index (χ0n) is 28.1. The van der Waals surface area contributed by atoms with Gasteiger partial charge in [-0.25, -0.2) is 0 Å². The molecule has 0 bridgehead atoms. The van der Waals surface area contributed by atoms with E-state index in [9.17, 15) is 19.5 Å². The fraction of sp³-hybridized carbons (Fsp3) is 0.811. The van der Waals surface area contributed by atoms with Crippen molar-refractivity contribution in [2.45, 2.75) is 175 Å². The zero-order valence-corrected chi connectivity index (χ0v) is 28.1. The van der Waals surface area contributed by atoms with E-state index in [-0.39, 0.29) is 30.9 Å². The lowest BCUT2D eigenvalue weighted by Gasteiger charge is -2.12. The summed E-state index contributed by atoms with van der Waals surface area (Å²) in [5.74, 6) is 0.324. The lowest BCUT2D eigenvalue weighted by molar-refractivity contribution is -0.152. The van der Waals surface area contributed by atoms with E-state index in [2.05, 4.69) is 26.8 Å². The maximum Gasteiger partial charge on any atom is 0.305 e. The van der Waals surface area contributed by atoms with Gasteiger partial charge < -0.3 is 14.6 Å². The number of hydrogen-bond donors (Lipinski definition) is 1. The number of allylic oxidation sites excluding steroid dienone is 4. The van der Waals surface area contributed by atoms with Crippen LogP contribution in [0.5, 0.6) is 0 Å². The highest BCUT2D eigenvalue weighted by atomic mass is 16.6. The van der Waals surface area contributed by atoms with Gasteiger partial charge in [-0.15, -0.1) is 0 Å². The lowest BCUT2D eigenvalue weighted by Crippen LogP contribution is -2.25. The third kappa shape index (κ3) is 32.8. The van der Waals surface area contributed by atoms with Crippen LogP contribution in [-0.4, -0.2) is 42.1 Å². The zero-order chi connectivity index (χ0) is 31.8. The lowest BCUT2D eigenvalue weighted by atomic mass is 10.0. The molecule has 0 spiro atoms. The largest absolute Gasteiger partial charge is 0.463 e. The van der Waals surface area contributed by atoms with Crippen LogP contribution in [0.25, 0.3) is 0 Å². The summed E-state index contributed by atoms with van der Waals surface area (Å²) < 4.78 is 10.2. The van der Waals surface area contributed by atoms with Crippen molar-refractivity contribution in [3.05, 3.63) is 24.3 Å². The Hall–Kier alpha value is -1.95. The predicted molar refractivity (Wildman–Crippen MR) is 178 cm³/mol. The van der Waals surface area contributed by atoms with Crippen LogP contribution in [-0.2, 0) is 23.9 Å². The van der Waals surface area contributed by atoms with Crippen molar-refractivity contribution >= 4 is 17.7 Å². The molecular weight excluding hydrogens is 540 g/mol. The topological polar surface area (TPSA) is 89.9 Å². The molecule has 0 aromatic heterocycles. The van der Waals surface area contributed by atoms with Crippen molar-refractivity contribution in [1.82, 2.24) is 0 Å². The molecule has 0 radical (unpaired) electrons. The fourth-order valence-corrected chi connectivity index (χ4v) is 4.84. The van der Waals surface area contributed by atoms with E-state index >= 15 is 0 Å². The molecule has 6 heteroatoms. The Labute approximate surface area is 264 Å². The highest BCUT2D eigenvalue weighted by molar-refractivity contribution is 5.89. The van der Waals surface area contributed by atoms with Crippen LogP contribution in [0.15, 0.2) is 24.3 Å². The molecule has 0 aromatic carbocycles. The molecule has 0 fully saturated rings. The number of aliphatic hydroxyl groups excluding tert-OH is 1. The fourth-order valence-electron chi connectivity index (χ4n) is 4.84. The van der Waals surface area contributed by atoms with Gasteiger partial charge in [0.1, 0.15) is 19.3 Å².